The number of ether oxygens (including phenoxy) is 1. The lowest BCUT2D eigenvalue weighted by atomic mass is 10.0. The molecular weight excluding hydrogens is 1010 g/mol. The quantitative estimate of drug-likeness (QED) is 0.0504. The van der Waals surface area contributed by atoms with Crippen molar-refractivity contribution in [2.75, 3.05) is 32.8 Å². The number of hydrogen-bond acceptors (Lipinski definition) is 14. The Morgan fingerprint density at radius 3 is 1.64 bits per heavy atom. The molecule has 0 spiro atoms. The van der Waals surface area contributed by atoms with Crippen molar-refractivity contribution in [3.05, 3.63) is 160 Å². The molecule has 386 valence electrons. The second-order valence-electron chi connectivity index (χ2n) is 17.2. The number of carboxylic acid groups (broad SMARTS) is 1. The molecule has 10 rings (SSSR count). The summed E-state index contributed by atoms with van der Waals surface area (Å²) in [6, 6.07) is 21.1. The monoisotopic (exact) mass is 1070 g/mol. The number of aromatic hydroxyl groups is 1. The number of likely N-dealkylation sites (N-methyl/N-ethyl adjacent to an activating group) is 1. The number of phenols is 1. The van der Waals surface area contributed by atoms with Gasteiger partial charge in [0, 0.05) is 26.2 Å². The predicted molar refractivity (Wildman–Crippen MR) is 290 cm³/mol. The first-order valence-electron chi connectivity index (χ1n) is 24.1. The number of amides is 2. The molecule has 75 heavy (non-hydrogen) atoms. The van der Waals surface area contributed by atoms with E-state index in [0.717, 1.165) is 49.7 Å². The van der Waals surface area contributed by atoms with Gasteiger partial charge in [-0.1, -0.05) is 117 Å². The normalized spacial score (nSPS) is 13.6. The van der Waals surface area contributed by atoms with Crippen molar-refractivity contribution < 1.29 is 29.3 Å². The highest BCUT2D eigenvalue weighted by atomic mass is 32.1. The van der Waals surface area contributed by atoms with Crippen LogP contribution in [0.4, 0.5) is 0 Å². The Hall–Kier alpha value is -8.28. The van der Waals surface area contributed by atoms with Crippen LogP contribution in [0.1, 0.15) is 74.3 Å². The summed E-state index contributed by atoms with van der Waals surface area (Å²) in [7, 11) is 0. The molecular formula is C52H54N14O6S3. The number of benzene rings is 3. The fourth-order valence-corrected chi connectivity index (χ4v) is 9.69. The van der Waals surface area contributed by atoms with E-state index in [2.05, 4.69) is 52.1 Å². The van der Waals surface area contributed by atoms with Gasteiger partial charge in [-0.25, -0.2) is 19.7 Å². The number of likely N-dealkylation sites (tertiary alicyclic amines) is 1. The molecule has 3 aromatic carbocycles. The van der Waals surface area contributed by atoms with Gasteiger partial charge in [-0.2, -0.15) is 15.3 Å². The molecule has 1 aliphatic heterocycles. The largest absolute Gasteiger partial charge is 0.508 e. The summed E-state index contributed by atoms with van der Waals surface area (Å²) in [5.41, 5.74) is 3.83. The molecule has 6 aromatic heterocycles. The number of carboxylic acids is 1. The topological polar surface area (TPSA) is 247 Å². The second-order valence-corrected chi connectivity index (χ2v) is 18.4. The van der Waals surface area contributed by atoms with Crippen molar-refractivity contribution in [3.8, 4) is 11.5 Å². The minimum Gasteiger partial charge on any atom is -0.508 e. The van der Waals surface area contributed by atoms with Crippen LogP contribution in [-0.2, 0) is 14.4 Å². The van der Waals surface area contributed by atoms with Crippen LogP contribution < -0.4 is 4.74 Å². The zero-order valence-electron chi connectivity index (χ0n) is 41.0. The summed E-state index contributed by atoms with van der Waals surface area (Å²) < 4.78 is 11.7. The number of nitrogens with zero attached hydrogens (tertiary/aromatic N) is 11. The molecule has 0 bridgehead atoms. The number of aromatic nitrogens is 12. The molecule has 3 unspecified atom stereocenters. The third kappa shape index (κ3) is 11.9. The predicted octanol–water partition coefficient (Wildman–Crippen LogP) is 8.86. The number of rotatable bonds is 14. The molecule has 23 heteroatoms. The van der Waals surface area contributed by atoms with Gasteiger partial charge < -0.3 is 38.5 Å². The highest BCUT2D eigenvalue weighted by molar-refractivity contribution is 7.72. The summed E-state index contributed by atoms with van der Waals surface area (Å²) in [4.78, 5) is 55.1. The maximum atomic E-state index is 13.5. The van der Waals surface area contributed by atoms with Gasteiger partial charge in [0.15, 0.2) is 23.0 Å². The number of carbonyl (C=O) groups is 3. The summed E-state index contributed by atoms with van der Waals surface area (Å²) >= 11 is 16.6. The van der Waals surface area contributed by atoms with E-state index in [0.29, 0.717) is 78.2 Å². The maximum Gasteiger partial charge on any atom is 0.331 e. The number of aliphatic carboxylic acids is 1. The van der Waals surface area contributed by atoms with Gasteiger partial charge in [-0.05, 0) is 67.6 Å². The van der Waals surface area contributed by atoms with Crippen LogP contribution in [0.2, 0.25) is 0 Å². The van der Waals surface area contributed by atoms with E-state index in [1.807, 2.05) is 55.1 Å². The third-order valence-electron chi connectivity index (χ3n) is 12.6. The van der Waals surface area contributed by atoms with E-state index in [-0.39, 0.29) is 17.6 Å². The lowest BCUT2D eigenvalue weighted by Crippen LogP contribution is -2.38. The Balaban J connectivity index is 0.000000150. The lowest BCUT2D eigenvalue weighted by molar-refractivity contribution is -0.139. The van der Waals surface area contributed by atoms with Crippen LogP contribution in [0.15, 0.2) is 129 Å². The van der Waals surface area contributed by atoms with E-state index in [4.69, 9.17) is 41.4 Å². The molecule has 5 N–H and O–H groups in total. The Labute approximate surface area is 445 Å². The fourth-order valence-electron chi connectivity index (χ4n) is 8.79. The average molecular weight is 1070 g/mol. The Kier molecular flexibility index (Phi) is 17.4. The number of hydrogen-bond donors (Lipinski definition) is 5. The smallest absolute Gasteiger partial charge is 0.331 e. The van der Waals surface area contributed by atoms with Crippen LogP contribution in [0.25, 0.3) is 33.1 Å². The molecule has 2 amide bonds. The van der Waals surface area contributed by atoms with E-state index in [1.165, 1.54) is 17.1 Å². The van der Waals surface area contributed by atoms with Crippen LogP contribution in [0.5, 0.6) is 11.5 Å². The van der Waals surface area contributed by atoms with Crippen LogP contribution in [-0.4, -0.2) is 130 Å². The second kappa shape index (κ2) is 24.6. The van der Waals surface area contributed by atoms with E-state index < -0.39 is 24.1 Å². The third-order valence-corrected chi connectivity index (χ3v) is 13.9. The Morgan fingerprint density at radius 2 is 1.15 bits per heavy atom. The molecule has 1 saturated heterocycles. The molecule has 0 aliphatic carbocycles. The molecule has 20 nitrogen and oxygen atoms in total. The van der Waals surface area contributed by atoms with Crippen molar-refractivity contribution in [3.63, 3.8) is 0 Å². The first-order valence-corrected chi connectivity index (χ1v) is 25.3. The van der Waals surface area contributed by atoms with E-state index in [1.54, 1.807) is 87.6 Å². The number of H-pyrrole nitrogens is 3. The molecule has 1 aliphatic rings. The summed E-state index contributed by atoms with van der Waals surface area (Å²) in [5.74, 6) is -0.389. The molecule has 9 aromatic rings. The van der Waals surface area contributed by atoms with Crippen molar-refractivity contribution in [1.82, 2.24) is 69.0 Å². The van der Waals surface area contributed by atoms with E-state index >= 15 is 0 Å². The minimum atomic E-state index is -1.04. The van der Waals surface area contributed by atoms with Gasteiger partial charge in [0.25, 0.3) is 0 Å². The first kappa shape index (κ1) is 53.0. The highest BCUT2D eigenvalue weighted by Crippen LogP contribution is 2.29. The molecule has 0 radical (unpaired) electrons. The SMILES string of the molecule is C=CCOc1cccc(C(C(=O)O)n2cnc3[nH]ncc3c2=S)c1.CCN(CC)C(=O)C(c1ccccc1)n1cnc2[nH]ncc2c1=S.O=C(C(c1cccc(O)c1)n1cnc2[nH]ncc2c1=S)N1CCCCCC1. The minimum absolute atomic E-state index is 0.00643. The van der Waals surface area contributed by atoms with Crippen molar-refractivity contribution in [1.29, 1.82) is 0 Å². The zero-order chi connectivity index (χ0) is 53.0. The highest BCUT2D eigenvalue weighted by Gasteiger charge is 2.30. The van der Waals surface area contributed by atoms with Gasteiger partial charge in [-0.3, -0.25) is 24.9 Å². The standard InChI is InChI=1S/C19H21N5O2S.C17H19N5OS.C16H14N4O3S/c25-14-7-5-6-13(10-14)16(18(26)23-8-3-1-2-4-9-23)24-12-20-17-15(19(24)27)11-21-22-17;1-3-21(4-2)16(23)14(12-8-6-5-7-9-12)22-11-18-15-13(17(22)24)10-19-20-15;1-2-6-23-11-5-3-4-10(7-11)13(16(21)22)20-9-17-14-12(15(20)24)8-18-19-14/h5-7,10-12,16,25H,1-4,8-9H2,(H,21,22);5-11,14H,3-4H2,1-2H3,(H,19,20);2-5,7-9,13H,1,6H2,(H,18,19)(H,21,22). The van der Waals surface area contributed by atoms with Gasteiger partial charge >= 0.3 is 5.97 Å². The van der Waals surface area contributed by atoms with Gasteiger partial charge in [0.2, 0.25) is 11.8 Å². The summed E-state index contributed by atoms with van der Waals surface area (Å²) in [6.45, 7) is 10.6. The average Bonchev–Trinajstić information content (AvgIpc) is 4.19. The number of fused-ring (bicyclic) bond motifs is 3. The molecule has 0 saturated carbocycles. The van der Waals surface area contributed by atoms with Gasteiger partial charge in [0.1, 0.15) is 44.1 Å². The Morgan fingerprint density at radius 1 is 0.667 bits per heavy atom. The number of phenolic OH excluding ortho intramolecular Hbond substituents is 1. The maximum absolute atomic E-state index is 13.5. The Bertz CT molecular complexity index is 3630. The van der Waals surface area contributed by atoms with Crippen LogP contribution in [0, 0.1) is 13.9 Å². The number of carbonyl (C=O) groups excluding carboxylic acids is 2. The lowest BCUT2D eigenvalue weighted by Gasteiger charge is -2.28. The summed E-state index contributed by atoms with van der Waals surface area (Å²) in [5, 5.41) is 41.9. The number of nitrogens with one attached hydrogen (secondary N) is 3. The van der Waals surface area contributed by atoms with Crippen molar-refractivity contribution in [2.24, 2.45) is 0 Å². The molecule has 3 atom stereocenters. The summed E-state index contributed by atoms with van der Waals surface area (Å²) in [6.07, 6.45) is 15.3. The van der Waals surface area contributed by atoms with Crippen LogP contribution in [0.3, 0.4) is 0 Å². The zero-order valence-corrected chi connectivity index (χ0v) is 43.5. The van der Waals surface area contributed by atoms with E-state index in [9.17, 15) is 24.6 Å². The van der Waals surface area contributed by atoms with Gasteiger partial charge in [-0.15, -0.1) is 0 Å². The van der Waals surface area contributed by atoms with Crippen molar-refractivity contribution in [2.45, 2.75) is 57.7 Å². The molecule has 7 heterocycles. The fraction of sp³-hybridized carbons (Fsp3) is 0.269. The molecule has 1 fully saturated rings. The number of aromatic amines is 3. The van der Waals surface area contributed by atoms with Crippen LogP contribution >= 0.6 is 36.7 Å². The van der Waals surface area contributed by atoms with Gasteiger partial charge in [0.05, 0.1) is 53.7 Å². The van der Waals surface area contributed by atoms with Crippen molar-refractivity contribution >= 4 is 87.5 Å². The first-order chi connectivity index (χ1) is 36.4.